The SMILES string of the molecule is CCOc1ccc(S(=O)(=O)Nc2nc3ccccc3nc2NCc2ccc(OC)cc2)cc1. The van der Waals surface area contributed by atoms with Gasteiger partial charge in [-0.2, -0.15) is 0 Å². The zero-order valence-electron chi connectivity index (χ0n) is 18.3. The first-order valence-corrected chi connectivity index (χ1v) is 11.9. The molecule has 3 aromatic carbocycles. The Bertz CT molecular complexity index is 1340. The van der Waals surface area contributed by atoms with Gasteiger partial charge in [0.05, 0.1) is 29.6 Å². The standard InChI is InChI=1S/C24H24N4O4S/c1-3-32-19-12-14-20(15-13-19)33(29,30)28-24-23(26-21-6-4-5-7-22(21)27-24)25-16-17-8-10-18(31-2)11-9-17/h4-15H,3,16H2,1-2H3,(H,25,26)(H,27,28). The molecule has 9 heteroatoms. The normalized spacial score (nSPS) is 11.2. The fourth-order valence-electron chi connectivity index (χ4n) is 3.19. The first-order chi connectivity index (χ1) is 16.0. The van der Waals surface area contributed by atoms with E-state index < -0.39 is 10.0 Å². The van der Waals surface area contributed by atoms with Crippen molar-refractivity contribution < 1.29 is 17.9 Å². The Kier molecular flexibility index (Phi) is 6.60. The Morgan fingerprint density at radius 2 is 1.42 bits per heavy atom. The summed E-state index contributed by atoms with van der Waals surface area (Å²) in [5.74, 6) is 1.81. The van der Waals surface area contributed by atoms with E-state index in [2.05, 4.69) is 20.0 Å². The highest BCUT2D eigenvalue weighted by Gasteiger charge is 2.19. The summed E-state index contributed by atoms with van der Waals surface area (Å²) in [6, 6.07) is 21.1. The lowest BCUT2D eigenvalue weighted by molar-refractivity contribution is 0.340. The van der Waals surface area contributed by atoms with Gasteiger partial charge in [0.2, 0.25) is 0 Å². The molecule has 0 saturated carbocycles. The minimum Gasteiger partial charge on any atom is -0.497 e. The Hall–Kier alpha value is -3.85. The molecule has 0 atom stereocenters. The van der Waals surface area contributed by atoms with Crippen molar-refractivity contribution in [3.8, 4) is 11.5 Å². The maximum atomic E-state index is 13.0. The number of methoxy groups -OCH3 is 1. The Morgan fingerprint density at radius 1 is 0.818 bits per heavy atom. The molecule has 0 spiro atoms. The van der Waals surface area contributed by atoms with Gasteiger partial charge in [0.25, 0.3) is 10.0 Å². The molecule has 1 aromatic heterocycles. The van der Waals surface area contributed by atoms with Gasteiger partial charge in [0.15, 0.2) is 11.6 Å². The number of nitrogens with one attached hydrogen (secondary N) is 2. The van der Waals surface area contributed by atoms with Crippen LogP contribution in [0.15, 0.2) is 77.7 Å². The third-order valence-electron chi connectivity index (χ3n) is 4.87. The third kappa shape index (κ3) is 5.32. The number of fused-ring (bicyclic) bond motifs is 1. The number of nitrogens with zero attached hydrogens (tertiary/aromatic N) is 2. The minimum atomic E-state index is -3.89. The fourth-order valence-corrected chi connectivity index (χ4v) is 4.20. The summed E-state index contributed by atoms with van der Waals surface area (Å²) in [4.78, 5) is 9.21. The molecule has 0 fully saturated rings. The largest absolute Gasteiger partial charge is 0.497 e. The molecular weight excluding hydrogens is 440 g/mol. The minimum absolute atomic E-state index is 0.0991. The van der Waals surface area contributed by atoms with E-state index in [0.717, 1.165) is 11.3 Å². The van der Waals surface area contributed by atoms with Gasteiger partial charge in [-0.05, 0) is 61.0 Å². The van der Waals surface area contributed by atoms with E-state index in [1.807, 2.05) is 49.4 Å². The Balaban J connectivity index is 1.63. The van der Waals surface area contributed by atoms with Crippen LogP contribution in [0.2, 0.25) is 0 Å². The van der Waals surface area contributed by atoms with Crippen LogP contribution in [-0.4, -0.2) is 32.1 Å². The van der Waals surface area contributed by atoms with Gasteiger partial charge in [0, 0.05) is 6.54 Å². The Morgan fingerprint density at radius 3 is 2.03 bits per heavy atom. The van der Waals surface area contributed by atoms with Crippen molar-refractivity contribution in [1.82, 2.24) is 9.97 Å². The smallest absolute Gasteiger partial charge is 0.263 e. The zero-order valence-corrected chi connectivity index (χ0v) is 19.1. The monoisotopic (exact) mass is 464 g/mol. The molecule has 0 unspecified atom stereocenters. The van der Waals surface area contributed by atoms with Crippen molar-refractivity contribution in [2.24, 2.45) is 0 Å². The molecule has 0 saturated heterocycles. The first kappa shape index (κ1) is 22.3. The van der Waals surface area contributed by atoms with Gasteiger partial charge in [-0.25, -0.2) is 18.4 Å². The molecule has 0 bridgehead atoms. The van der Waals surface area contributed by atoms with E-state index in [-0.39, 0.29) is 10.7 Å². The summed E-state index contributed by atoms with van der Waals surface area (Å²) >= 11 is 0. The second-order valence-corrected chi connectivity index (χ2v) is 8.80. The lowest BCUT2D eigenvalue weighted by Gasteiger charge is -2.14. The molecule has 4 rings (SSSR count). The average molecular weight is 465 g/mol. The third-order valence-corrected chi connectivity index (χ3v) is 6.22. The van der Waals surface area contributed by atoms with Gasteiger partial charge in [0.1, 0.15) is 11.5 Å². The van der Waals surface area contributed by atoms with Gasteiger partial charge in [-0.15, -0.1) is 0 Å². The van der Waals surface area contributed by atoms with Gasteiger partial charge < -0.3 is 14.8 Å². The van der Waals surface area contributed by atoms with E-state index in [1.165, 1.54) is 12.1 Å². The van der Waals surface area contributed by atoms with Crippen LogP contribution in [0.3, 0.4) is 0 Å². The number of benzene rings is 3. The number of rotatable bonds is 9. The molecule has 0 aliphatic carbocycles. The van der Waals surface area contributed by atoms with Gasteiger partial charge >= 0.3 is 0 Å². The van der Waals surface area contributed by atoms with Crippen LogP contribution in [0.25, 0.3) is 11.0 Å². The maximum Gasteiger partial charge on any atom is 0.263 e. The quantitative estimate of drug-likeness (QED) is 0.377. The summed E-state index contributed by atoms with van der Waals surface area (Å²) in [5.41, 5.74) is 2.21. The number of para-hydroxylation sites is 2. The van der Waals surface area contributed by atoms with Crippen LogP contribution in [0, 0.1) is 0 Å². The number of hydrogen-bond donors (Lipinski definition) is 2. The van der Waals surface area contributed by atoms with Crippen molar-refractivity contribution in [3.63, 3.8) is 0 Å². The Labute approximate surface area is 192 Å². The van der Waals surface area contributed by atoms with Crippen molar-refractivity contribution in [2.75, 3.05) is 23.8 Å². The highest BCUT2D eigenvalue weighted by molar-refractivity contribution is 7.92. The van der Waals surface area contributed by atoms with Crippen molar-refractivity contribution in [3.05, 3.63) is 78.4 Å². The van der Waals surface area contributed by atoms with Crippen molar-refractivity contribution >= 4 is 32.7 Å². The van der Waals surface area contributed by atoms with E-state index in [0.29, 0.717) is 35.8 Å². The highest BCUT2D eigenvalue weighted by Crippen LogP contribution is 2.26. The highest BCUT2D eigenvalue weighted by atomic mass is 32.2. The van der Waals surface area contributed by atoms with Gasteiger partial charge in [-0.1, -0.05) is 24.3 Å². The van der Waals surface area contributed by atoms with Crippen LogP contribution in [0.5, 0.6) is 11.5 Å². The number of hydrogen-bond acceptors (Lipinski definition) is 7. The summed E-state index contributed by atoms with van der Waals surface area (Å²) in [5, 5.41) is 3.20. The molecule has 2 N–H and O–H groups in total. The number of sulfonamides is 1. The fraction of sp³-hybridized carbons (Fsp3) is 0.167. The predicted molar refractivity (Wildman–Crippen MR) is 128 cm³/mol. The number of anilines is 2. The van der Waals surface area contributed by atoms with Gasteiger partial charge in [-0.3, -0.25) is 4.72 Å². The molecule has 170 valence electrons. The molecule has 0 aliphatic heterocycles. The summed E-state index contributed by atoms with van der Waals surface area (Å²) in [6.07, 6.45) is 0. The maximum absolute atomic E-state index is 13.0. The zero-order chi connectivity index (χ0) is 23.3. The van der Waals surface area contributed by atoms with Crippen LogP contribution < -0.4 is 19.5 Å². The topological polar surface area (TPSA) is 102 Å². The lowest BCUT2D eigenvalue weighted by Crippen LogP contribution is -2.16. The molecule has 4 aromatic rings. The first-order valence-electron chi connectivity index (χ1n) is 10.4. The van der Waals surface area contributed by atoms with E-state index in [1.54, 1.807) is 25.3 Å². The van der Waals surface area contributed by atoms with Crippen molar-refractivity contribution in [2.45, 2.75) is 18.4 Å². The molecular formula is C24H24N4O4S. The van der Waals surface area contributed by atoms with E-state index in [9.17, 15) is 8.42 Å². The number of ether oxygens (including phenoxy) is 2. The molecule has 1 heterocycles. The predicted octanol–water partition coefficient (Wildman–Crippen LogP) is 4.45. The number of aromatic nitrogens is 2. The summed E-state index contributed by atoms with van der Waals surface area (Å²) < 4.78 is 39.2. The van der Waals surface area contributed by atoms with Crippen LogP contribution in [0.1, 0.15) is 12.5 Å². The second kappa shape index (κ2) is 9.74. The summed E-state index contributed by atoms with van der Waals surface area (Å²) in [6.45, 7) is 2.79. The molecule has 8 nitrogen and oxygen atoms in total. The van der Waals surface area contributed by atoms with Crippen LogP contribution in [0.4, 0.5) is 11.6 Å². The lowest BCUT2D eigenvalue weighted by atomic mass is 10.2. The molecule has 0 amide bonds. The van der Waals surface area contributed by atoms with Crippen LogP contribution in [-0.2, 0) is 16.6 Å². The average Bonchev–Trinajstić information content (AvgIpc) is 2.83. The van der Waals surface area contributed by atoms with Crippen molar-refractivity contribution in [1.29, 1.82) is 0 Å². The molecule has 0 radical (unpaired) electrons. The van der Waals surface area contributed by atoms with Crippen LogP contribution >= 0.6 is 0 Å². The van der Waals surface area contributed by atoms with E-state index in [4.69, 9.17) is 9.47 Å². The second-order valence-electron chi connectivity index (χ2n) is 7.12. The summed E-state index contributed by atoms with van der Waals surface area (Å²) in [7, 11) is -2.28. The molecule has 0 aliphatic rings. The van der Waals surface area contributed by atoms with E-state index >= 15 is 0 Å². The molecule has 33 heavy (non-hydrogen) atoms.